The number of pyridine rings is 1. The van der Waals surface area contributed by atoms with Gasteiger partial charge in [0.25, 0.3) is 0 Å². The third kappa shape index (κ3) is 3.69. The zero-order chi connectivity index (χ0) is 20.1. The third-order valence-corrected chi connectivity index (χ3v) is 4.73. The fourth-order valence-corrected chi connectivity index (χ4v) is 3.35. The lowest BCUT2D eigenvalue weighted by Crippen LogP contribution is -2.26. The van der Waals surface area contributed by atoms with Crippen LogP contribution in [0.4, 0.5) is 0 Å². The van der Waals surface area contributed by atoms with E-state index in [4.69, 9.17) is 15.2 Å². The lowest BCUT2D eigenvalue weighted by atomic mass is 9.92. The number of hydrogen-bond donors (Lipinski definition) is 2. The largest absolute Gasteiger partial charge is 0.493 e. The maximum absolute atomic E-state index is 13.0. The molecule has 0 amide bonds. The van der Waals surface area contributed by atoms with Crippen LogP contribution >= 0.6 is 0 Å². The number of ether oxygens (including phenoxy) is 2. The lowest BCUT2D eigenvalue weighted by Gasteiger charge is -2.21. The van der Waals surface area contributed by atoms with Gasteiger partial charge in [-0.3, -0.25) is 9.78 Å². The summed E-state index contributed by atoms with van der Waals surface area (Å²) in [5.74, 6) is 0.769. The molecule has 0 fully saturated rings. The molecule has 6 nitrogen and oxygen atoms in total. The van der Waals surface area contributed by atoms with E-state index in [1.807, 2.05) is 43.3 Å². The molecule has 0 bridgehead atoms. The minimum atomic E-state index is -0.591. The minimum Gasteiger partial charge on any atom is -0.493 e. The molecule has 3 aromatic rings. The maximum atomic E-state index is 13.0. The first-order valence-corrected chi connectivity index (χ1v) is 9.20. The quantitative estimate of drug-likeness (QED) is 0.585. The smallest absolute Gasteiger partial charge is 0.180 e. The number of aromatic nitrogens is 1. The molecule has 146 valence electrons. The number of benzene rings is 2. The summed E-state index contributed by atoms with van der Waals surface area (Å²) in [6, 6.07) is 12.9. The van der Waals surface area contributed by atoms with Gasteiger partial charge in [0.2, 0.25) is 0 Å². The third-order valence-electron chi connectivity index (χ3n) is 4.73. The molecule has 0 saturated heterocycles. The fourth-order valence-electron chi connectivity index (χ4n) is 3.35. The van der Waals surface area contributed by atoms with E-state index in [-0.39, 0.29) is 12.3 Å². The average Bonchev–Trinajstić information content (AvgIpc) is 2.75. The minimum absolute atomic E-state index is 0.108. The molecule has 3 N–H and O–H groups in total. The lowest BCUT2D eigenvalue weighted by molar-refractivity contribution is 0.0987. The van der Waals surface area contributed by atoms with Crippen molar-refractivity contribution in [3.8, 4) is 11.5 Å². The summed E-state index contributed by atoms with van der Waals surface area (Å²) >= 11 is 0. The van der Waals surface area contributed by atoms with Crippen LogP contribution in [0.1, 0.15) is 34.6 Å². The second-order valence-corrected chi connectivity index (χ2v) is 6.36. The zero-order valence-corrected chi connectivity index (χ0v) is 16.4. The highest BCUT2D eigenvalue weighted by molar-refractivity contribution is 6.02. The number of nitrogens with one attached hydrogen (secondary N) is 1. The second kappa shape index (κ2) is 8.82. The van der Waals surface area contributed by atoms with E-state index < -0.39 is 6.04 Å². The highest BCUT2D eigenvalue weighted by Crippen LogP contribution is 2.38. The molecule has 6 heteroatoms. The van der Waals surface area contributed by atoms with Gasteiger partial charge in [0, 0.05) is 11.6 Å². The predicted octanol–water partition coefficient (Wildman–Crippen LogP) is 3.09. The van der Waals surface area contributed by atoms with Crippen LogP contribution in [0.2, 0.25) is 0 Å². The number of methoxy groups -OCH3 is 2. The second-order valence-electron chi connectivity index (χ2n) is 6.36. The van der Waals surface area contributed by atoms with Crippen LogP contribution in [0.15, 0.2) is 48.7 Å². The highest BCUT2D eigenvalue weighted by atomic mass is 16.5. The van der Waals surface area contributed by atoms with Gasteiger partial charge in [-0.1, -0.05) is 37.3 Å². The van der Waals surface area contributed by atoms with Crippen molar-refractivity contribution < 1.29 is 14.3 Å². The Morgan fingerprint density at radius 2 is 1.93 bits per heavy atom. The van der Waals surface area contributed by atoms with Crippen molar-refractivity contribution in [1.29, 1.82) is 0 Å². The number of hydrogen-bond acceptors (Lipinski definition) is 6. The Labute approximate surface area is 164 Å². The monoisotopic (exact) mass is 379 g/mol. The standard InChI is InChI=1S/C22H25N3O3/c1-4-24-13-17(26)19-16(9-10-18(27-2)22(19)28-3)20(23)21-15-8-6-5-7-14(15)11-12-25-21/h5-12,20,24H,4,13,23H2,1-3H3. The molecule has 1 atom stereocenters. The van der Waals surface area contributed by atoms with Gasteiger partial charge in [-0.05, 0) is 29.6 Å². The van der Waals surface area contributed by atoms with Crippen molar-refractivity contribution in [2.45, 2.75) is 13.0 Å². The summed E-state index contributed by atoms with van der Waals surface area (Å²) in [6.07, 6.45) is 1.73. The first-order chi connectivity index (χ1) is 13.6. The number of carbonyl (C=O) groups is 1. The maximum Gasteiger partial charge on any atom is 0.180 e. The Hall–Kier alpha value is -2.96. The van der Waals surface area contributed by atoms with Crippen molar-refractivity contribution in [1.82, 2.24) is 10.3 Å². The van der Waals surface area contributed by atoms with Crippen molar-refractivity contribution in [3.05, 3.63) is 65.5 Å². The van der Waals surface area contributed by atoms with Crippen molar-refractivity contribution in [3.63, 3.8) is 0 Å². The molecular formula is C22H25N3O3. The summed E-state index contributed by atoms with van der Waals surface area (Å²) in [5.41, 5.74) is 8.42. The number of rotatable bonds is 8. The van der Waals surface area contributed by atoms with Gasteiger partial charge in [-0.15, -0.1) is 0 Å². The van der Waals surface area contributed by atoms with E-state index in [0.717, 1.165) is 10.8 Å². The van der Waals surface area contributed by atoms with Gasteiger partial charge in [0.1, 0.15) is 0 Å². The van der Waals surface area contributed by atoms with Crippen LogP contribution < -0.4 is 20.5 Å². The Balaban J connectivity index is 2.18. The van der Waals surface area contributed by atoms with Gasteiger partial charge in [0.05, 0.1) is 38.1 Å². The van der Waals surface area contributed by atoms with E-state index in [0.29, 0.717) is 34.9 Å². The van der Waals surface area contributed by atoms with Gasteiger partial charge >= 0.3 is 0 Å². The van der Waals surface area contributed by atoms with E-state index in [9.17, 15) is 4.79 Å². The normalized spacial score (nSPS) is 12.0. The molecule has 0 saturated carbocycles. The van der Waals surface area contributed by atoms with Crippen LogP contribution in [-0.4, -0.2) is 38.1 Å². The first kappa shape index (κ1) is 19.8. The topological polar surface area (TPSA) is 86.5 Å². The van der Waals surface area contributed by atoms with Crippen molar-refractivity contribution in [2.75, 3.05) is 27.3 Å². The Bertz CT molecular complexity index is 983. The fraction of sp³-hybridized carbons (Fsp3) is 0.273. The first-order valence-electron chi connectivity index (χ1n) is 9.20. The van der Waals surface area contributed by atoms with E-state index in [2.05, 4.69) is 10.3 Å². The number of carbonyl (C=O) groups excluding carboxylic acids is 1. The number of nitrogens with two attached hydrogens (primary N) is 1. The van der Waals surface area contributed by atoms with E-state index in [1.54, 1.807) is 19.4 Å². The van der Waals surface area contributed by atoms with Crippen LogP contribution in [0, 0.1) is 0 Å². The molecule has 2 aromatic carbocycles. The molecular weight excluding hydrogens is 354 g/mol. The van der Waals surface area contributed by atoms with Gasteiger partial charge in [-0.2, -0.15) is 0 Å². The van der Waals surface area contributed by atoms with Crippen LogP contribution in [0.5, 0.6) is 11.5 Å². The molecule has 0 spiro atoms. The molecule has 1 unspecified atom stereocenters. The summed E-state index contributed by atoms with van der Waals surface area (Å²) in [4.78, 5) is 17.5. The van der Waals surface area contributed by atoms with Crippen LogP contribution in [0.3, 0.4) is 0 Å². The molecule has 0 aliphatic heterocycles. The zero-order valence-electron chi connectivity index (χ0n) is 16.4. The molecule has 28 heavy (non-hydrogen) atoms. The van der Waals surface area contributed by atoms with Crippen molar-refractivity contribution >= 4 is 16.6 Å². The molecule has 0 aliphatic carbocycles. The van der Waals surface area contributed by atoms with Crippen LogP contribution in [-0.2, 0) is 0 Å². The highest BCUT2D eigenvalue weighted by Gasteiger charge is 2.26. The summed E-state index contributed by atoms with van der Waals surface area (Å²) in [5, 5.41) is 5.07. The molecule has 0 aliphatic rings. The Kier molecular flexibility index (Phi) is 6.23. The molecule has 1 aromatic heterocycles. The average molecular weight is 379 g/mol. The molecule has 1 heterocycles. The predicted molar refractivity (Wildman–Crippen MR) is 110 cm³/mol. The van der Waals surface area contributed by atoms with E-state index in [1.165, 1.54) is 7.11 Å². The number of likely N-dealkylation sites (N-methyl/N-ethyl adjacent to an activating group) is 1. The number of fused-ring (bicyclic) bond motifs is 1. The molecule has 0 radical (unpaired) electrons. The van der Waals surface area contributed by atoms with Gasteiger partial charge in [0.15, 0.2) is 17.3 Å². The number of nitrogens with zero attached hydrogens (tertiary/aromatic N) is 1. The van der Waals surface area contributed by atoms with Crippen LogP contribution in [0.25, 0.3) is 10.8 Å². The SMILES string of the molecule is CCNCC(=O)c1c(C(N)c2nccc3ccccc23)ccc(OC)c1OC. The summed E-state index contributed by atoms with van der Waals surface area (Å²) < 4.78 is 10.9. The molecule has 3 rings (SSSR count). The summed E-state index contributed by atoms with van der Waals surface area (Å²) in [7, 11) is 3.07. The van der Waals surface area contributed by atoms with Gasteiger partial charge in [-0.25, -0.2) is 0 Å². The van der Waals surface area contributed by atoms with Gasteiger partial charge < -0.3 is 20.5 Å². The number of Topliss-reactive ketones (excluding diaryl/α,β-unsaturated/α-hetero) is 1. The summed E-state index contributed by atoms with van der Waals surface area (Å²) in [6.45, 7) is 2.82. The Morgan fingerprint density at radius 3 is 2.64 bits per heavy atom. The number of ketones is 1. The Morgan fingerprint density at radius 1 is 1.14 bits per heavy atom. The van der Waals surface area contributed by atoms with E-state index >= 15 is 0 Å². The van der Waals surface area contributed by atoms with Crippen molar-refractivity contribution in [2.24, 2.45) is 5.73 Å².